The van der Waals surface area contributed by atoms with E-state index in [4.69, 9.17) is 16.3 Å². The topological polar surface area (TPSA) is 29.5 Å². The van der Waals surface area contributed by atoms with E-state index in [2.05, 4.69) is 4.90 Å². The van der Waals surface area contributed by atoms with Gasteiger partial charge < -0.3 is 4.74 Å². The number of esters is 1. The molecular formula is C16H23Cl2NO2. The van der Waals surface area contributed by atoms with Gasteiger partial charge in [-0.1, -0.05) is 43.6 Å². The van der Waals surface area contributed by atoms with Gasteiger partial charge in [0.25, 0.3) is 0 Å². The van der Waals surface area contributed by atoms with Crippen molar-refractivity contribution in [1.29, 1.82) is 0 Å². The number of hydrogen-bond donors (Lipinski definition) is 0. The Bertz CT molecular complexity index is 483. The van der Waals surface area contributed by atoms with Crippen molar-refractivity contribution in [1.82, 2.24) is 4.90 Å². The first-order chi connectivity index (χ1) is 9.40. The number of halogens is 2. The number of nitrogens with zero attached hydrogens (tertiary/aromatic N) is 1. The molecule has 0 fully saturated rings. The van der Waals surface area contributed by atoms with E-state index in [0.29, 0.717) is 5.02 Å². The van der Waals surface area contributed by atoms with Gasteiger partial charge in [-0.15, -0.1) is 12.4 Å². The molecule has 1 rings (SSSR count). The van der Waals surface area contributed by atoms with Gasteiger partial charge in [0, 0.05) is 11.1 Å². The van der Waals surface area contributed by atoms with Crippen LogP contribution < -0.4 is 0 Å². The molecule has 0 saturated carbocycles. The van der Waals surface area contributed by atoms with E-state index >= 15 is 0 Å². The molecule has 0 aliphatic carbocycles. The maximum atomic E-state index is 11.9. The Balaban J connectivity index is 0.00000400. The lowest BCUT2D eigenvalue weighted by Crippen LogP contribution is -2.46. The highest BCUT2D eigenvalue weighted by Gasteiger charge is 2.27. The van der Waals surface area contributed by atoms with E-state index in [1.807, 2.05) is 45.9 Å². The lowest BCUT2D eigenvalue weighted by Gasteiger charge is -2.35. The summed E-state index contributed by atoms with van der Waals surface area (Å²) in [7, 11) is 0. The third-order valence-corrected chi connectivity index (χ3v) is 3.52. The highest BCUT2D eigenvalue weighted by atomic mass is 35.5. The van der Waals surface area contributed by atoms with Crippen LogP contribution >= 0.6 is 24.0 Å². The van der Waals surface area contributed by atoms with Crippen LogP contribution in [0, 0.1) is 0 Å². The minimum absolute atomic E-state index is 0. The Kier molecular flexibility index (Phi) is 8.64. The zero-order chi connectivity index (χ0) is 15.2. The summed E-state index contributed by atoms with van der Waals surface area (Å²) in [6.07, 6.45) is 3.08. The van der Waals surface area contributed by atoms with Crippen LogP contribution in [0.25, 0.3) is 6.08 Å². The molecule has 0 atom stereocenters. The van der Waals surface area contributed by atoms with Crippen LogP contribution in [0.4, 0.5) is 0 Å². The summed E-state index contributed by atoms with van der Waals surface area (Å²) in [6.45, 7) is 9.51. The van der Waals surface area contributed by atoms with Gasteiger partial charge in [0.15, 0.2) is 5.72 Å². The Morgan fingerprint density at radius 1 is 1.29 bits per heavy atom. The van der Waals surface area contributed by atoms with Gasteiger partial charge in [-0.2, -0.15) is 0 Å². The van der Waals surface area contributed by atoms with Crippen LogP contribution in [0.5, 0.6) is 0 Å². The average Bonchev–Trinajstić information content (AvgIpc) is 2.38. The molecule has 0 saturated heterocycles. The molecule has 0 bridgehead atoms. The summed E-state index contributed by atoms with van der Waals surface area (Å²) in [5.41, 5.74) is 0.178. The predicted molar refractivity (Wildman–Crippen MR) is 90.8 cm³/mol. The van der Waals surface area contributed by atoms with Gasteiger partial charge in [-0.05, 0) is 44.6 Å². The summed E-state index contributed by atoms with van der Waals surface area (Å²) < 4.78 is 5.50. The number of benzene rings is 1. The molecule has 0 heterocycles. The Morgan fingerprint density at radius 3 is 2.38 bits per heavy atom. The standard InChI is InChI=1S/C16H22ClNO2.ClH/c1-5-18(6-2)16(3,4)20-15(19)12-11-13-9-7-8-10-14(13)17;/h7-12H,5-6H2,1-4H3;1H/b12-11+;. The van der Waals surface area contributed by atoms with Gasteiger partial charge in [0.05, 0.1) is 0 Å². The van der Waals surface area contributed by atoms with E-state index in [0.717, 1.165) is 18.7 Å². The molecule has 0 amide bonds. The highest BCUT2D eigenvalue weighted by Crippen LogP contribution is 2.18. The maximum absolute atomic E-state index is 11.9. The Morgan fingerprint density at radius 2 is 1.86 bits per heavy atom. The fourth-order valence-corrected chi connectivity index (χ4v) is 2.30. The Labute approximate surface area is 138 Å². The first kappa shape index (κ1) is 20.0. The second-order valence-corrected chi connectivity index (χ2v) is 5.30. The first-order valence-electron chi connectivity index (χ1n) is 6.81. The summed E-state index contributed by atoms with van der Waals surface area (Å²) in [6, 6.07) is 7.35. The molecule has 21 heavy (non-hydrogen) atoms. The van der Waals surface area contributed by atoms with Crippen molar-refractivity contribution >= 4 is 36.1 Å². The smallest absolute Gasteiger partial charge is 0.332 e. The fourth-order valence-electron chi connectivity index (χ4n) is 2.10. The van der Waals surface area contributed by atoms with Gasteiger partial charge in [-0.3, -0.25) is 4.90 Å². The van der Waals surface area contributed by atoms with Crippen molar-refractivity contribution in [3.63, 3.8) is 0 Å². The van der Waals surface area contributed by atoms with Crippen LogP contribution in [0.1, 0.15) is 33.3 Å². The molecule has 0 spiro atoms. The van der Waals surface area contributed by atoms with Crippen molar-refractivity contribution in [3.05, 3.63) is 40.9 Å². The zero-order valence-electron chi connectivity index (χ0n) is 12.9. The molecule has 0 aliphatic rings. The monoisotopic (exact) mass is 331 g/mol. The SMILES string of the molecule is CCN(CC)C(C)(C)OC(=O)/C=C/c1ccccc1Cl.Cl. The van der Waals surface area contributed by atoms with Crippen molar-refractivity contribution in [2.24, 2.45) is 0 Å². The van der Waals surface area contributed by atoms with E-state index in [1.165, 1.54) is 6.08 Å². The first-order valence-corrected chi connectivity index (χ1v) is 7.19. The number of rotatable bonds is 6. The van der Waals surface area contributed by atoms with Crippen molar-refractivity contribution < 1.29 is 9.53 Å². The van der Waals surface area contributed by atoms with E-state index in [-0.39, 0.29) is 18.4 Å². The van der Waals surface area contributed by atoms with Crippen LogP contribution in [-0.4, -0.2) is 29.7 Å². The third kappa shape index (κ3) is 6.08. The molecule has 1 aromatic carbocycles. The van der Waals surface area contributed by atoms with Crippen LogP contribution in [0.2, 0.25) is 5.02 Å². The number of carbonyl (C=O) groups is 1. The number of carbonyl (C=O) groups excluding carboxylic acids is 1. The van der Waals surface area contributed by atoms with Crippen LogP contribution in [0.15, 0.2) is 30.3 Å². The van der Waals surface area contributed by atoms with E-state index in [1.54, 1.807) is 12.1 Å². The van der Waals surface area contributed by atoms with Gasteiger partial charge in [0.1, 0.15) is 0 Å². The summed E-state index contributed by atoms with van der Waals surface area (Å²) in [4.78, 5) is 14.0. The summed E-state index contributed by atoms with van der Waals surface area (Å²) in [5, 5.41) is 0.611. The van der Waals surface area contributed by atoms with Gasteiger partial charge in [0.2, 0.25) is 0 Å². The molecule has 0 aliphatic heterocycles. The Hall–Kier alpha value is -1.03. The maximum Gasteiger partial charge on any atom is 0.332 e. The molecule has 5 heteroatoms. The quantitative estimate of drug-likeness (QED) is 0.439. The van der Waals surface area contributed by atoms with Crippen molar-refractivity contribution in [2.45, 2.75) is 33.4 Å². The molecule has 0 radical (unpaired) electrons. The second kappa shape index (κ2) is 9.08. The third-order valence-electron chi connectivity index (χ3n) is 3.18. The predicted octanol–water partition coefficient (Wildman–Crippen LogP) is 4.40. The lowest BCUT2D eigenvalue weighted by molar-refractivity contribution is -0.170. The average molecular weight is 332 g/mol. The molecular weight excluding hydrogens is 309 g/mol. The molecule has 118 valence electrons. The summed E-state index contributed by atoms with van der Waals surface area (Å²) >= 11 is 6.02. The summed E-state index contributed by atoms with van der Waals surface area (Å²) in [5.74, 6) is -0.373. The van der Waals surface area contributed by atoms with Gasteiger partial charge >= 0.3 is 5.97 Å². The molecule has 3 nitrogen and oxygen atoms in total. The highest BCUT2D eigenvalue weighted by molar-refractivity contribution is 6.32. The van der Waals surface area contributed by atoms with Gasteiger partial charge in [-0.25, -0.2) is 4.79 Å². The fraction of sp³-hybridized carbons (Fsp3) is 0.438. The largest absolute Gasteiger partial charge is 0.441 e. The molecule has 0 unspecified atom stereocenters. The van der Waals surface area contributed by atoms with Crippen LogP contribution in [0.3, 0.4) is 0 Å². The number of ether oxygens (including phenoxy) is 1. The van der Waals surface area contributed by atoms with E-state index in [9.17, 15) is 4.79 Å². The second-order valence-electron chi connectivity index (χ2n) is 4.89. The van der Waals surface area contributed by atoms with Crippen molar-refractivity contribution in [3.8, 4) is 0 Å². The molecule has 0 aromatic heterocycles. The van der Waals surface area contributed by atoms with E-state index < -0.39 is 5.72 Å². The van der Waals surface area contributed by atoms with Crippen molar-refractivity contribution in [2.75, 3.05) is 13.1 Å². The molecule has 0 N–H and O–H groups in total. The minimum Gasteiger partial charge on any atom is -0.441 e. The van der Waals surface area contributed by atoms with Crippen LogP contribution in [-0.2, 0) is 9.53 Å². The minimum atomic E-state index is -0.620. The molecule has 1 aromatic rings. The lowest BCUT2D eigenvalue weighted by atomic mass is 10.2. The number of hydrogen-bond acceptors (Lipinski definition) is 3. The zero-order valence-corrected chi connectivity index (χ0v) is 14.5. The normalized spacial score (nSPS) is 11.5.